The fourth-order valence-electron chi connectivity index (χ4n) is 2.08. The highest BCUT2D eigenvalue weighted by Crippen LogP contribution is 2.15. The van der Waals surface area contributed by atoms with Gasteiger partial charge in [-0.15, -0.1) is 0 Å². The summed E-state index contributed by atoms with van der Waals surface area (Å²) in [5.41, 5.74) is 0.311. The SMILES string of the molecule is CC(C)(C)OC(=O)N1CCN(Cc2nccnc2Cl)CC1. The molecule has 116 valence electrons. The van der Waals surface area contributed by atoms with Gasteiger partial charge in [0.25, 0.3) is 0 Å². The van der Waals surface area contributed by atoms with Crippen LogP contribution in [0.3, 0.4) is 0 Å². The number of nitrogens with zero attached hydrogens (tertiary/aromatic N) is 4. The average Bonchev–Trinajstić information content (AvgIpc) is 2.40. The Morgan fingerprint density at radius 3 is 2.43 bits per heavy atom. The third-order valence-corrected chi connectivity index (χ3v) is 3.44. The fraction of sp³-hybridized carbons (Fsp3) is 0.643. The molecule has 0 saturated carbocycles. The molecule has 1 aromatic heterocycles. The number of piperazine rings is 1. The number of halogens is 1. The van der Waals surface area contributed by atoms with Crippen molar-refractivity contribution in [3.8, 4) is 0 Å². The second-order valence-electron chi connectivity index (χ2n) is 6.04. The summed E-state index contributed by atoms with van der Waals surface area (Å²) in [6.07, 6.45) is 2.96. The van der Waals surface area contributed by atoms with Crippen LogP contribution in [0.1, 0.15) is 26.5 Å². The Labute approximate surface area is 130 Å². The van der Waals surface area contributed by atoms with Crippen molar-refractivity contribution in [1.29, 1.82) is 0 Å². The highest BCUT2D eigenvalue weighted by atomic mass is 35.5. The number of aromatic nitrogens is 2. The van der Waals surface area contributed by atoms with Gasteiger partial charge in [0.15, 0.2) is 5.15 Å². The molecular weight excluding hydrogens is 292 g/mol. The molecule has 1 amide bonds. The first kappa shape index (κ1) is 16.0. The zero-order chi connectivity index (χ0) is 15.5. The number of rotatable bonds is 2. The van der Waals surface area contributed by atoms with Crippen molar-refractivity contribution in [3.63, 3.8) is 0 Å². The maximum absolute atomic E-state index is 12.0. The first-order chi connectivity index (χ1) is 9.85. The first-order valence-corrected chi connectivity index (χ1v) is 7.38. The van der Waals surface area contributed by atoms with Gasteiger partial charge in [-0.3, -0.25) is 9.88 Å². The molecule has 1 fully saturated rings. The van der Waals surface area contributed by atoms with Gasteiger partial charge in [0, 0.05) is 45.1 Å². The lowest BCUT2D eigenvalue weighted by Gasteiger charge is -2.35. The lowest BCUT2D eigenvalue weighted by molar-refractivity contribution is 0.0138. The zero-order valence-electron chi connectivity index (χ0n) is 12.7. The van der Waals surface area contributed by atoms with Crippen LogP contribution in [-0.2, 0) is 11.3 Å². The Morgan fingerprint density at radius 1 is 1.24 bits per heavy atom. The molecule has 0 N–H and O–H groups in total. The Hall–Kier alpha value is -1.40. The number of carbonyl (C=O) groups is 1. The van der Waals surface area contributed by atoms with Crippen LogP contribution in [-0.4, -0.2) is 57.6 Å². The number of hydrogen-bond acceptors (Lipinski definition) is 5. The van der Waals surface area contributed by atoms with Crippen LogP contribution in [0, 0.1) is 0 Å². The van der Waals surface area contributed by atoms with Crippen LogP contribution < -0.4 is 0 Å². The quantitative estimate of drug-likeness (QED) is 0.837. The molecule has 1 aliphatic heterocycles. The third kappa shape index (κ3) is 4.82. The molecule has 1 saturated heterocycles. The molecule has 0 atom stereocenters. The van der Waals surface area contributed by atoms with Crippen molar-refractivity contribution in [3.05, 3.63) is 23.2 Å². The van der Waals surface area contributed by atoms with E-state index < -0.39 is 5.60 Å². The molecule has 0 aliphatic carbocycles. The van der Waals surface area contributed by atoms with E-state index in [2.05, 4.69) is 14.9 Å². The standard InChI is InChI=1S/C14H21ClN4O2/c1-14(2,3)21-13(20)19-8-6-18(7-9-19)10-11-12(15)17-5-4-16-11/h4-5H,6-10H2,1-3H3. The fourth-order valence-corrected chi connectivity index (χ4v) is 2.25. The summed E-state index contributed by atoms with van der Waals surface area (Å²) in [5.74, 6) is 0. The van der Waals surface area contributed by atoms with Crippen molar-refractivity contribution in [2.45, 2.75) is 32.9 Å². The molecule has 21 heavy (non-hydrogen) atoms. The van der Waals surface area contributed by atoms with E-state index in [9.17, 15) is 4.79 Å². The van der Waals surface area contributed by atoms with E-state index >= 15 is 0 Å². The maximum atomic E-state index is 12.0. The Morgan fingerprint density at radius 2 is 1.86 bits per heavy atom. The summed E-state index contributed by atoms with van der Waals surface area (Å²) in [6.45, 7) is 9.10. The molecule has 0 bridgehead atoms. The molecule has 0 unspecified atom stereocenters. The van der Waals surface area contributed by atoms with E-state index in [4.69, 9.17) is 16.3 Å². The third-order valence-electron chi connectivity index (χ3n) is 3.12. The number of carbonyl (C=O) groups excluding carboxylic acids is 1. The van der Waals surface area contributed by atoms with Crippen molar-refractivity contribution in [1.82, 2.24) is 19.8 Å². The molecule has 2 heterocycles. The van der Waals surface area contributed by atoms with Crippen molar-refractivity contribution < 1.29 is 9.53 Å². The van der Waals surface area contributed by atoms with E-state index in [1.54, 1.807) is 17.3 Å². The highest BCUT2D eigenvalue weighted by molar-refractivity contribution is 6.29. The van der Waals surface area contributed by atoms with Crippen LogP contribution in [0.4, 0.5) is 4.79 Å². The van der Waals surface area contributed by atoms with E-state index in [1.807, 2.05) is 20.8 Å². The lowest BCUT2D eigenvalue weighted by atomic mass is 10.2. The van der Waals surface area contributed by atoms with Crippen LogP contribution >= 0.6 is 11.6 Å². The summed E-state index contributed by atoms with van der Waals surface area (Å²) < 4.78 is 5.37. The van der Waals surface area contributed by atoms with Crippen LogP contribution in [0.2, 0.25) is 5.15 Å². The van der Waals surface area contributed by atoms with Gasteiger partial charge in [-0.25, -0.2) is 9.78 Å². The zero-order valence-corrected chi connectivity index (χ0v) is 13.4. The van der Waals surface area contributed by atoms with Gasteiger partial charge in [0.1, 0.15) is 5.60 Å². The Bertz CT molecular complexity index is 496. The molecule has 0 spiro atoms. The number of ether oxygens (including phenoxy) is 1. The van der Waals surface area contributed by atoms with Crippen molar-refractivity contribution in [2.24, 2.45) is 0 Å². The maximum Gasteiger partial charge on any atom is 0.410 e. The van der Waals surface area contributed by atoms with Gasteiger partial charge in [-0.05, 0) is 20.8 Å². The second-order valence-corrected chi connectivity index (χ2v) is 6.40. The topological polar surface area (TPSA) is 58.6 Å². The first-order valence-electron chi connectivity index (χ1n) is 7.01. The van der Waals surface area contributed by atoms with Crippen LogP contribution in [0.25, 0.3) is 0 Å². The summed E-state index contributed by atoms with van der Waals surface area (Å²) >= 11 is 6.01. The minimum atomic E-state index is -0.457. The van der Waals surface area contributed by atoms with Gasteiger partial charge in [-0.2, -0.15) is 0 Å². The minimum Gasteiger partial charge on any atom is -0.444 e. The molecule has 0 radical (unpaired) electrons. The molecule has 1 aliphatic rings. The highest BCUT2D eigenvalue weighted by Gasteiger charge is 2.26. The summed E-state index contributed by atoms with van der Waals surface area (Å²) in [7, 11) is 0. The smallest absolute Gasteiger partial charge is 0.410 e. The van der Waals surface area contributed by atoms with Gasteiger partial charge >= 0.3 is 6.09 Å². The molecule has 1 aromatic rings. The molecule has 0 aromatic carbocycles. The Kier molecular flexibility index (Phi) is 5.00. The normalized spacial score (nSPS) is 16.9. The Balaban J connectivity index is 1.83. The van der Waals surface area contributed by atoms with E-state index in [0.717, 1.165) is 18.8 Å². The van der Waals surface area contributed by atoms with E-state index in [-0.39, 0.29) is 6.09 Å². The summed E-state index contributed by atoms with van der Waals surface area (Å²) in [6, 6.07) is 0. The van der Waals surface area contributed by atoms with Gasteiger partial charge in [0.05, 0.1) is 5.69 Å². The van der Waals surface area contributed by atoms with Crippen molar-refractivity contribution >= 4 is 17.7 Å². The lowest BCUT2D eigenvalue weighted by Crippen LogP contribution is -2.49. The van der Waals surface area contributed by atoms with E-state index in [0.29, 0.717) is 24.8 Å². The molecular formula is C14H21ClN4O2. The average molecular weight is 313 g/mol. The van der Waals surface area contributed by atoms with Gasteiger partial charge in [0.2, 0.25) is 0 Å². The largest absolute Gasteiger partial charge is 0.444 e. The second kappa shape index (κ2) is 6.58. The molecule has 2 rings (SSSR count). The van der Waals surface area contributed by atoms with E-state index in [1.165, 1.54) is 0 Å². The van der Waals surface area contributed by atoms with Crippen molar-refractivity contribution in [2.75, 3.05) is 26.2 Å². The monoisotopic (exact) mass is 312 g/mol. The summed E-state index contributed by atoms with van der Waals surface area (Å²) in [4.78, 5) is 24.2. The van der Waals surface area contributed by atoms with Crippen LogP contribution in [0.5, 0.6) is 0 Å². The predicted molar refractivity (Wildman–Crippen MR) is 80.1 cm³/mol. The predicted octanol–water partition coefficient (Wildman–Crippen LogP) is 2.18. The van der Waals surface area contributed by atoms with Gasteiger partial charge in [-0.1, -0.05) is 11.6 Å². The number of hydrogen-bond donors (Lipinski definition) is 0. The van der Waals surface area contributed by atoms with Crippen LogP contribution in [0.15, 0.2) is 12.4 Å². The minimum absolute atomic E-state index is 0.250. The van der Waals surface area contributed by atoms with Gasteiger partial charge < -0.3 is 9.64 Å². The molecule has 6 nitrogen and oxygen atoms in total. The number of amides is 1. The summed E-state index contributed by atoms with van der Waals surface area (Å²) in [5, 5.41) is 0.437. The molecule has 7 heteroatoms.